The molecule has 2 rings (SSSR count). The van der Waals surface area contributed by atoms with E-state index in [4.69, 9.17) is 19.7 Å². The monoisotopic (exact) mass is 468 g/mol. The summed E-state index contributed by atoms with van der Waals surface area (Å²) >= 11 is 0. The van der Waals surface area contributed by atoms with Crippen molar-refractivity contribution in [1.82, 2.24) is 4.98 Å². The fourth-order valence-corrected chi connectivity index (χ4v) is 3.43. The van der Waals surface area contributed by atoms with Crippen molar-refractivity contribution in [2.24, 2.45) is 10.9 Å². The van der Waals surface area contributed by atoms with E-state index in [1.54, 1.807) is 24.4 Å². The van der Waals surface area contributed by atoms with E-state index in [1.807, 2.05) is 19.9 Å². The maximum Gasteiger partial charge on any atom is 0.365 e. The third-order valence-electron chi connectivity index (χ3n) is 5.42. The van der Waals surface area contributed by atoms with Crippen molar-refractivity contribution in [1.29, 1.82) is 5.26 Å². The average Bonchev–Trinajstić information content (AvgIpc) is 2.75. The number of benzene rings is 1. The van der Waals surface area contributed by atoms with Gasteiger partial charge < -0.3 is 19.7 Å². The zero-order valence-corrected chi connectivity index (χ0v) is 21.3. The molecule has 0 bridgehead atoms. The summed E-state index contributed by atoms with van der Waals surface area (Å²) in [6, 6.07) is 9.91. The second-order valence-corrected chi connectivity index (χ2v) is 14.2. The Hall–Kier alpha value is -3.22. The first kappa shape index (κ1) is 26.0. The Morgan fingerprint density at radius 3 is 2.52 bits per heavy atom. The van der Waals surface area contributed by atoms with Gasteiger partial charge in [-0.25, -0.2) is 4.79 Å². The van der Waals surface area contributed by atoms with Gasteiger partial charge in [0.2, 0.25) is 0 Å². The van der Waals surface area contributed by atoms with Gasteiger partial charge in [-0.3, -0.25) is 4.98 Å². The van der Waals surface area contributed by atoms with Crippen LogP contribution in [0, 0.1) is 11.3 Å². The van der Waals surface area contributed by atoms with E-state index in [0.717, 1.165) is 0 Å². The Morgan fingerprint density at radius 2 is 1.91 bits per heavy atom. The van der Waals surface area contributed by atoms with Crippen LogP contribution in [-0.4, -0.2) is 31.2 Å². The molecule has 0 atom stereocenters. The van der Waals surface area contributed by atoms with E-state index in [1.165, 1.54) is 12.1 Å². The van der Waals surface area contributed by atoms with Gasteiger partial charge in [-0.1, -0.05) is 25.9 Å². The summed E-state index contributed by atoms with van der Waals surface area (Å²) in [5.74, 6) is -0.308. The molecular weight excluding hydrogens is 436 g/mol. The minimum atomic E-state index is -1.92. The van der Waals surface area contributed by atoms with Crippen LogP contribution >= 0.6 is 0 Å². The molecule has 0 fully saturated rings. The van der Waals surface area contributed by atoms with E-state index in [-0.39, 0.29) is 28.1 Å². The normalized spacial score (nSPS) is 12.4. The number of rotatable bonds is 8. The molecular formula is C24H32N4O4Si. The highest BCUT2D eigenvalue weighted by atomic mass is 28.4. The quantitative estimate of drug-likeness (QED) is 0.195. The van der Waals surface area contributed by atoms with E-state index in [2.05, 4.69) is 44.0 Å². The number of pyridine rings is 1. The fraction of sp³-hybridized carbons (Fsp3) is 0.417. The molecule has 2 aromatic rings. The van der Waals surface area contributed by atoms with Crippen LogP contribution in [0.3, 0.4) is 0 Å². The molecule has 0 saturated heterocycles. The number of ether oxygens (including phenoxy) is 1. The Kier molecular flexibility index (Phi) is 8.36. The molecule has 1 heterocycles. The lowest BCUT2D eigenvalue weighted by Gasteiger charge is -2.36. The first-order valence-corrected chi connectivity index (χ1v) is 13.6. The van der Waals surface area contributed by atoms with Gasteiger partial charge in [0.15, 0.2) is 14.2 Å². The van der Waals surface area contributed by atoms with Crippen molar-refractivity contribution in [2.45, 2.75) is 65.5 Å². The highest BCUT2D eigenvalue weighted by molar-refractivity contribution is 6.74. The molecule has 0 amide bonds. The molecule has 8 nitrogen and oxygen atoms in total. The number of amidine groups is 1. The van der Waals surface area contributed by atoms with Crippen LogP contribution in [0.4, 0.5) is 0 Å². The first-order valence-electron chi connectivity index (χ1n) is 10.7. The maximum atomic E-state index is 12.4. The second kappa shape index (κ2) is 10.6. The summed E-state index contributed by atoms with van der Waals surface area (Å²) in [6.45, 7) is 14.9. The number of hydrogen-bond donors (Lipinski definition) is 1. The van der Waals surface area contributed by atoms with Crippen molar-refractivity contribution in [3.63, 3.8) is 0 Å². The Bertz CT molecular complexity index is 1070. The Balaban J connectivity index is 2.10. The number of oxime groups is 1. The van der Waals surface area contributed by atoms with E-state index >= 15 is 0 Å². The number of nitriles is 1. The van der Waals surface area contributed by atoms with Crippen molar-refractivity contribution in [3.05, 3.63) is 58.9 Å². The van der Waals surface area contributed by atoms with E-state index in [9.17, 15) is 10.1 Å². The fourth-order valence-electron chi connectivity index (χ4n) is 2.48. The van der Waals surface area contributed by atoms with Crippen LogP contribution in [0.5, 0.6) is 5.75 Å². The van der Waals surface area contributed by atoms with E-state index < -0.39 is 14.3 Å². The highest BCUT2D eigenvalue weighted by Gasteiger charge is 2.37. The van der Waals surface area contributed by atoms with E-state index in [0.29, 0.717) is 23.6 Å². The Labute approximate surface area is 196 Å². The third-order valence-corrected chi connectivity index (χ3v) is 9.90. The van der Waals surface area contributed by atoms with Crippen molar-refractivity contribution >= 4 is 20.1 Å². The molecule has 176 valence electrons. The molecule has 33 heavy (non-hydrogen) atoms. The number of hydrogen-bond acceptors (Lipinski definition) is 7. The van der Waals surface area contributed by atoms with Crippen LogP contribution in [0.15, 0.2) is 41.7 Å². The van der Waals surface area contributed by atoms with Gasteiger partial charge in [0.1, 0.15) is 11.8 Å². The van der Waals surface area contributed by atoms with Crippen molar-refractivity contribution < 1.29 is 18.8 Å². The van der Waals surface area contributed by atoms with Crippen LogP contribution in [0.25, 0.3) is 0 Å². The molecule has 2 N–H and O–H groups in total. The van der Waals surface area contributed by atoms with Gasteiger partial charge in [-0.15, -0.1) is 0 Å². The summed E-state index contributed by atoms with van der Waals surface area (Å²) in [4.78, 5) is 21.7. The number of nitrogens with two attached hydrogens (primary N) is 1. The molecule has 0 saturated carbocycles. The summed E-state index contributed by atoms with van der Waals surface area (Å²) in [5.41, 5.74) is 7.68. The molecule has 0 aliphatic heterocycles. The van der Waals surface area contributed by atoms with Gasteiger partial charge in [0, 0.05) is 11.8 Å². The molecule has 0 aliphatic carbocycles. The van der Waals surface area contributed by atoms with Gasteiger partial charge in [0.25, 0.3) is 0 Å². The van der Waals surface area contributed by atoms with Crippen LogP contribution in [0.1, 0.15) is 61.8 Å². The topological polar surface area (TPSA) is 120 Å². The average molecular weight is 469 g/mol. The lowest BCUT2D eigenvalue weighted by Crippen LogP contribution is -2.40. The Morgan fingerprint density at radius 1 is 1.21 bits per heavy atom. The lowest BCUT2D eigenvalue weighted by molar-refractivity contribution is 0.0516. The number of carbonyl (C=O) groups excluding carboxylic acids is 1. The molecule has 0 aliphatic rings. The number of nitrogens with zero attached hydrogens (tertiary/aromatic N) is 3. The van der Waals surface area contributed by atoms with Gasteiger partial charge in [-0.05, 0) is 62.3 Å². The highest BCUT2D eigenvalue weighted by Crippen LogP contribution is 2.37. The predicted molar refractivity (Wildman–Crippen MR) is 129 cm³/mol. The van der Waals surface area contributed by atoms with Crippen molar-refractivity contribution in [3.8, 4) is 11.8 Å². The predicted octanol–water partition coefficient (Wildman–Crippen LogP) is 4.74. The van der Waals surface area contributed by atoms with Crippen molar-refractivity contribution in [2.75, 3.05) is 0 Å². The summed E-state index contributed by atoms with van der Waals surface area (Å²) in [6.07, 6.45) is 1.51. The molecule has 0 radical (unpaired) electrons. The minimum absolute atomic E-state index is 0.0274. The van der Waals surface area contributed by atoms with Gasteiger partial charge in [-0.2, -0.15) is 5.26 Å². The summed E-state index contributed by atoms with van der Waals surface area (Å²) in [7, 11) is -1.92. The van der Waals surface area contributed by atoms with Crippen LogP contribution in [0.2, 0.25) is 18.1 Å². The molecule has 0 unspecified atom stereocenters. The van der Waals surface area contributed by atoms with Crippen LogP contribution < -0.4 is 10.5 Å². The smallest absolute Gasteiger partial charge is 0.365 e. The summed E-state index contributed by atoms with van der Waals surface area (Å²) < 4.78 is 11.8. The SMILES string of the molecule is CC(C)Oc1ccc(C(=O)O/N=C(\N)c2ccnc(CO[Si](C)(C)C(C)(C)C)c2)cc1C#N. The second-order valence-electron chi connectivity index (χ2n) is 9.43. The molecule has 0 spiro atoms. The van der Waals surface area contributed by atoms with Crippen LogP contribution in [-0.2, 0) is 15.9 Å². The largest absolute Gasteiger partial charge is 0.490 e. The molecule has 9 heteroatoms. The standard InChI is InChI=1S/C24H32N4O4Si/c1-16(2)31-21-9-8-18(12-19(21)14-25)23(29)32-28-22(26)17-10-11-27-20(13-17)15-30-33(6,7)24(3,4)5/h8-13,16H,15H2,1-7H3,(H2,26,28). The molecule has 1 aromatic heterocycles. The third kappa shape index (κ3) is 7.13. The number of carbonyl (C=O) groups is 1. The maximum absolute atomic E-state index is 12.4. The summed E-state index contributed by atoms with van der Waals surface area (Å²) in [5, 5.41) is 13.2. The molecule has 1 aromatic carbocycles. The zero-order chi connectivity index (χ0) is 24.8. The minimum Gasteiger partial charge on any atom is -0.490 e. The lowest BCUT2D eigenvalue weighted by atomic mass is 10.1. The van der Waals surface area contributed by atoms with Gasteiger partial charge in [0.05, 0.1) is 29.5 Å². The van der Waals surface area contributed by atoms with Gasteiger partial charge >= 0.3 is 5.97 Å². The number of aromatic nitrogens is 1. The first-order chi connectivity index (χ1) is 15.3. The zero-order valence-electron chi connectivity index (χ0n) is 20.3.